The van der Waals surface area contributed by atoms with Gasteiger partial charge in [0.05, 0.1) is 12.5 Å². The third-order valence-corrected chi connectivity index (χ3v) is 2.21. The Hall–Kier alpha value is -1.51. The summed E-state index contributed by atoms with van der Waals surface area (Å²) in [5.74, 6) is -0.199. The van der Waals surface area contributed by atoms with Crippen LogP contribution >= 0.6 is 0 Å². The second-order valence-corrected chi connectivity index (χ2v) is 3.63. The average molecular weight is 207 g/mol. The Bertz CT molecular complexity index is 336. The molecule has 1 aromatic carbocycles. The van der Waals surface area contributed by atoms with Crippen LogP contribution in [0.15, 0.2) is 24.3 Å². The first kappa shape index (κ1) is 11.6. The molecule has 0 aromatic heterocycles. The molecule has 82 valence electrons. The maximum atomic E-state index is 11.4. The molecule has 1 aromatic rings. The number of ether oxygens (including phenoxy) is 1. The highest BCUT2D eigenvalue weighted by molar-refractivity contribution is 5.73. The van der Waals surface area contributed by atoms with Crippen LogP contribution in [0.5, 0.6) is 0 Å². The topological polar surface area (TPSA) is 52.3 Å². The molecule has 0 aliphatic carbocycles. The smallest absolute Gasteiger partial charge is 0.310 e. The van der Waals surface area contributed by atoms with Gasteiger partial charge in [0, 0.05) is 5.69 Å². The van der Waals surface area contributed by atoms with Gasteiger partial charge in [-0.25, -0.2) is 0 Å². The second kappa shape index (κ2) is 5.39. The Morgan fingerprint density at radius 1 is 1.53 bits per heavy atom. The van der Waals surface area contributed by atoms with E-state index in [4.69, 9.17) is 10.5 Å². The van der Waals surface area contributed by atoms with Gasteiger partial charge in [0.15, 0.2) is 0 Å². The fraction of sp³-hybridized carbons (Fsp3) is 0.417. The molecule has 15 heavy (non-hydrogen) atoms. The summed E-state index contributed by atoms with van der Waals surface area (Å²) in [6.45, 7) is 3.87. The van der Waals surface area contributed by atoms with Crippen LogP contribution in [0.3, 0.4) is 0 Å². The van der Waals surface area contributed by atoms with Gasteiger partial charge in [-0.15, -0.1) is 0 Å². The molecule has 0 saturated heterocycles. The lowest BCUT2D eigenvalue weighted by atomic mass is 10.1. The maximum absolute atomic E-state index is 11.4. The predicted octanol–water partition coefficient (Wildman–Crippen LogP) is 2.15. The number of benzene rings is 1. The maximum Gasteiger partial charge on any atom is 0.310 e. The molecule has 0 aliphatic heterocycles. The van der Waals surface area contributed by atoms with Crippen molar-refractivity contribution in [1.82, 2.24) is 0 Å². The van der Waals surface area contributed by atoms with E-state index in [1.165, 1.54) is 0 Å². The molecule has 0 bridgehead atoms. The highest BCUT2D eigenvalue weighted by atomic mass is 16.5. The predicted molar refractivity (Wildman–Crippen MR) is 60.4 cm³/mol. The number of nitrogens with two attached hydrogens (primary N) is 1. The molecule has 3 nitrogen and oxygen atoms in total. The zero-order valence-electron chi connectivity index (χ0n) is 9.19. The molecule has 0 saturated carbocycles. The van der Waals surface area contributed by atoms with Crippen LogP contribution in [0.25, 0.3) is 0 Å². The molecule has 3 heteroatoms. The van der Waals surface area contributed by atoms with Crippen molar-refractivity contribution < 1.29 is 9.53 Å². The average Bonchev–Trinajstić information content (AvgIpc) is 2.17. The number of carbonyl (C=O) groups excluding carboxylic acids is 1. The summed E-state index contributed by atoms with van der Waals surface area (Å²) in [4.78, 5) is 11.4. The van der Waals surface area contributed by atoms with Crippen LogP contribution in [0, 0.1) is 0 Å². The molecule has 0 unspecified atom stereocenters. The lowest BCUT2D eigenvalue weighted by Crippen LogP contribution is -2.15. The van der Waals surface area contributed by atoms with Gasteiger partial charge < -0.3 is 10.5 Å². The monoisotopic (exact) mass is 207 g/mol. The minimum absolute atomic E-state index is 0.0152. The van der Waals surface area contributed by atoms with E-state index in [-0.39, 0.29) is 18.5 Å². The molecule has 0 heterocycles. The van der Waals surface area contributed by atoms with Crippen molar-refractivity contribution in [2.45, 2.75) is 32.8 Å². The lowest BCUT2D eigenvalue weighted by molar-refractivity contribution is -0.147. The van der Waals surface area contributed by atoms with E-state index >= 15 is 0 Å². The summed E-state index contributed by atoms with van der Waals surface area (Å²) in [5, 5.41) is 0. The van der Waals surface area contributed by atoms with Gasteiger partial charge in [0.1, 0.15) is 0 Å². The van der Waals surface area contributed by atoms with Crippen molar-refractivity contribution in [1.29, 1.82) is 0 Å². The van der Waals surface area contributed by atoms with E-state index in [0.29, 0.717) is 5.69 Å². The van der Waals surface area contributed by atoms with E-state index < -0.39 is 0 Å². The number of rotatable bonds is 4. The van der Waals surface area contributed by atoms with Crippen LogP contribution in [0.4, 0.5) is 5.69 Å². The number of anilines is 1. The summed E-state index contributed by atoms with van der Waals surface area (Å²) >= 11 is 0. The number of nitrogen functional groups attached to an aromatic ring is 1. The molecule has 0 radical (unpaired) electrons. The molecule has 0 amide bonds. The van der Waals surface area contributed by atoms with Crippen LogP contribution in [-0.2, 0) is 16.0 Å². The number of hydrogen-bond donors (Lipinski definition) is 1. The quantitative estimate of drug-likeness (QED) is 0.608. The Kier molecular flexibility index (Phi) is 4.16. The lowest BCUT2D eigenvalue weighted by Gasteiger charge is -2.10. The van der Waals surface area contributed by atoms with Gasteiger partial charge in [-0.1, -0.05) is 19.1 Å². The first-order valence-electron chi connectivity index (χ1n) is 5.15. The third-order valence-electron chi connectivity index (χ3n) is 2.21. The van der Waals surface area contributed by atoms with Crippen LogP contribution in [-0.4, -0.2) is 12.1 Å². The van der Waals surface area contributed by atoms with Crippen LogP contribution < -0.4 is 5.73 Å². The van der Waals surface area contributed by atoms with Crippen molar-refractivity contribution in [3.05, 3.63) is 29.8 Å². The molecule has 0 spiro atoms. The second-order valence-electron chi connectivity index (χ2n) is 3.63. The minimum atomic E-state index is -0.199. The van der Waals surface area contributed by atoms with E-state index in [0.717, 1.165) is 12.0 Å². The first-order valence-corrected chi connectivity index (χ1v) is 5.15. The molecule has 1 atom stereocenters. The van der Waals surface area contributed by atoms with E-state index in [1.54, 1.807) is 12.1 Å². The largest absolute Gasteiger partial charge is 0.462 e. The molecule has 0 fully saturated rings. The number of hydrogen-bond acceptors (Lipinski definition) is 3. The Morgan fingerprint density at radius 2 is 2.27 bits per heavy atom. The van der Waals surface area contributed by atoms with Crippen molar-refractivity contribution in [3.63, 3.8) is 0 Å². The van der Waals surface area contributed by atoms with Gasteiger partial charge in [-0.05, 0) is 31.0 Å². The number of esters is 1. The van der Waals surface area contributed by atoms with Gasteiger partial charge in [-0.3, -0.25) is 4.79 Å². The minimum Gasteiger partial charge on any atom is -0.462 e. The third kappa shape index (κ3) is 4.02. The number of carbonyl (C=O) groups is 1. The zero-order valence-corrected chi connectivity index (χ0v) is 9.19. The van der Waals surface area contributed by atoms with Gasteiger partial charge in [0.2, 0.25) is 0 Å². The molecule has 1 rings (SSSR count). The van der Waals surface area contributed by atoms with Crippen molar-refractivity contribution in [2.24, 2.45) is 0 Å². The summed E-state index contributed by atoms with van der Waals surface area (Å²) < 4.78 is 5.16. The summed E-state index contributed by atoms with van der Waals surface area (Å²) in [7, 11) is 0. The van der Waals surface area contributed by atoms with E-state index in [1.807, 2.05) is 26.0 Å². The Labute approximate surface area is 90.2 Å². The zero-order chi connectivity index (χ0) is 11.3. The van der Waals surface area contributed by atoms with Crippen molar-refractivity contribution >= 4 is 11.7 Å². The fourth-order valence-electron chi connectivity index (χ4n) is 1.22. The highest BCUT2D eigenvalue weighted by Gasteiger charge is 2.08. The van der Waals surface area contributed by atoms with Gasteiger partial charge >= 0.3 is 5.97 Å². The molecule has 2 N–H and O–H groups in total. The fourth-order valence-corrected chi connectivity index (χ4v) is 1.22. The molecular weight excluding hydrogens is 190 g/mol. The van der Waals surface area contributed by atoms with Crippen molar-refractivity contribution in [2.75, 3.05) is 5.73 Å². The SMILES string of the molecule is CC[C@@H](C)OC(=O)Cc1cccc(N)c1. The molecular formula is C12H17NO2. The summed E-state index contributed by atoms with van der Waals surface area (Å²) in [5.41, 5.74) is 7.17. The van der Waals surface area contributed by atoms with Gasteiger partial charge in [-0.2, -0.15) is 0 Å². The summed E-state index contributed by atoms with van der Waals surface area (Å²) in [6, 6.07) is 7.29. The first-order chi connectivity index (χ1) is 7.11. The normalized spacial score (nSPS) is 12.1. The Balaban J connectivity index is 2.51. The molecule has 0 aliphatic rings. The summed E-state index contributed by atoms with van der Waals surface area (Å²) in [6.07, 6.45) is 1.11. The van der Waals surface area contributed by atoms with E-state index in [2.05, 4.69) is 0 Å². The highest BCUT2D eigenvalue weighted by Crippen LogP contribution is 2.08. The van der Waals surface area contributed by atoms with Gasteiger partial charge in [0.25, 0.3) is 0 Å². The standard InChI is InChI=1S/C12H17NO2/c1-3-9(2)15-12(14)8-10-5-4-6-11(13)7-10/h4-7,9H,3,8,13H2,1-2H3/t9-/m1/s1. The van der Waals surface area contributed by atoms with Crippen molar-refractivity contribution in [3.8, 4) is 0 Å². The van der Waals surface area contributed by atoms with E-state index in [9.17, 15) is 4.79 Å². The van der Waals surface area contributed by atoms with Crippen LogP contribution in [0.2, 0.25) is 0 Å². The van der Waals surface area contributed by atoms with Crippen LogP contribution in [0.1, 0.15) is 25.8 Å². The Morgan fingerprint density at radius 3 is 2.87 bits per heavy atom.